The zero-order valence-corrected chi connectivity index (χ0v) is 11.3. The maximum Gasteiger partial charge on any atom is 0.0444 e. The molecule has 0 spiro atoms. The molecule has 0 bridgehead atoms. The van der Waals surface area contributed by atoms with Crippen molar-refractivity contribution in [1.29, 1.82) is 0 Å². The molecule has 2 aliphatic carbocycles. The second-order valence-corrected chi connectivity index (χ2v) is 4.87. The van der Waals surface area contributed by atoms with E-state index in [1.165, 1.54) is 28.7 Å². The van der Waals surface area contributed by atoms with Gasteiger partial charge in [-0.2, -0.15) is 0 Å². The molecule has 3 rings (SSSR count). The molecule has 0 radical (unpaired) electrons. The minimum atomic E-state index is 0.686. The molecule has 17 heavy (non-hydrogen) atoms. The van der Waals surface area contributed by atoms with Crippen LogP contribution in [-0.2, 0) is 6.42 Å². The molecule has 1 aromatic carbocycles. The van der Waals surface area contributed by atoms with E-state index in [0.717, 1.165) is 17.9 Å². The number of hydrogen-bond acceptors (Lipinski definition) is 0. The number of rotatable bonds is 0. The Balaban J connectivity index is 0.000000514. The molecule has 1 aromatic rings. The minimum absolute atomic E-state index is 0.686. The highest BCUT2D eigenvalue weighted by atomic mass is 35.5. The van der Waals surface area contributed by atoms with Crippen LogP contribution in [0.25, 0.3) is 5.57 Å². The van der Waals surface area contributed by atoms with Crippen LogP contribution < -0.4 is 0 Å². The second kappa shape index (κ2) is 5.10. The predicted octanol–water partition coefficient (Wildman–Crippen LogP) is 5.27. The molecule has 90 valence electrons. The van der Waals surface area contributed by atoms with E-state index >= 15 is 0 Å². The Bertz CT molecular complexity index is 468. The Hall–Kier alpha value is -1.01. The van der Waals surface area contributed by atoms with Crippen LogP contribution in [0.4, 0.5) is 0 Å². The molecular formula is C16H19Cl. The van der Waals surface area contributed by atoms with E-state index < -0.39 is 0 Å². The molecule has 0 amide bonds. The van der Waals surface area contributed by atoms with Crippen molar-refractivity contribution in [2.24, 2.45) is 5.92 Å². The van der Waals surface area contributed by atoms with Crippen molar-refractivity contribution in [3.05, 3.63) is 52.6 Å². The highest BCUT2D eigenvalue weighted by Crippen LogP contribution is 2.45. The van der Waals surface area contributed by atoms with Crippen LogP contribution in [0.2, 0.25) is 5.02 Å². The summed E-state index contributed by atoms with van der Waals surface area (Å²) in [7, 11) is 0. The first-order chi connectivity index (χ1) is 8.25. The van der Waals surface area contributed by atoms with Gasteiger partial charge in [0.25, 0.3) is 0 Å². The first-order valence-electron chi connectivity index (χ1n) is 6.43. The average Bonchev–Trinajstić information content (AvgIpc) is 2.72. The van der Waals surface area contributed by atoms with Gasteiger partial charge in [0, 0.05) is 5.02 Å². The van der Waals surface area contributed by atoms with Gasteiger partial charge in [0.05, 0.1) is 0 Å². The van der Waals surface area contributed by atoms with Gasteiger partial charge < -0.3 is 0 Å². The molecule has 0 saturated heterocycles. The quantitative estimate of drug-likeness (QED) is 0.585. The van der Waals surface area contributed by atoms with Crippen LogP contribution in [0.15, 0.2) is 36.4 Å². The Morgan fingerprint density at radius 2 is 2.06 bits per heavy atom. The van der Waals surface area contributed by atoms with Gasteiger partial charge in [-0.3, -0.25) is 0 Å². The smallest absolute Gasteiger partial charge is 0.0444 e. The Kier molecular flexibility index (Phi) is 3.73. The van der Waals surface area contributed by atoms with Crippen molar-refractivity contribution >= 4 is 17.2 Å². The molecule has 2 aliphatic rings. The van der Waals surface area contributed by atoms with Gasteiger partial charge in [0.2, 0.25) is 0 Å². The maximum absolute atomic E-state index is 6.22. The van der Waals surface area contributed by atoms with Gasteiger partial charge >= 0.3 is 0 Å². The number of halogens is 1. The fourth-order valence-corrected chi connectivity index (χ4v) is 2.97. The van der Waals surface area contributed by atoms with Gasteiger partial charge in [0.15, 0.2) is 0 Å². The molecule has 0 aromatic heterocycles. The number of allylic oxidation sites excluding steroid dienone is 3. The fraction of sp³-hybridized carbons (Fsp3) is 0.375. The Morgan fingerprint density at radius 1 is 1.29 bits per heavy atom. The maximum atomic E-state index is 6.22. The number of hydrogen-bond donors (Lipinski definition) is 0. The van der Waals surface area contributed by atoms with Gasteiger partial charge in [-0.1, -0.05) is 55.8 Å². The third-order valence-electron chi connectivity index (χ3n) is 3.49. The summed E-state index contributed by atoms with van der Waals surface area (Å²) in [5.41, 5.74) is 5.41. The van der Waals surface area contributed by atoms with Crippen LogP contribution in [0.1, 0.15) is 37.8 Å². The second-order valence-electron chi connectivity index (χ2n) is 4.46. The lowest BCUT2D eigenvalue weighted by atomic mass is 9.86. The van der Waals surface area contributed by atoms with E-state index in [0.29, 0.717) is 5.92 Å². The third kappa shape index (κ3) is 2.19. The molecule has 0 nitrogen and oxygen atoms in total. The topological polar surface area (TPSA) is 0 Å². The van der Waals surface area contributed by atoms with E-state index in [1.807, 2.05) is 26.0 Å². The molecule has 0 N–H and O–H groups in total. The average molecular weight is 247 g/mol. The van der Waals surface area contributed by atoms with Crippen molar-refractivity contribution in [3.8, 4) is 0 Å². The minimum Gasteiger partial charge on any atom is -0.0958 e. The Morgan fingerprint density at radius 3 is 2.82 bits per heavy atom. The molecule has 0 saturated carbocycles. The van der Waals surface area contributed by atoms with E-state index in [9.17, 15) is 0 Å². The lowest BCUT2D eigenvalue weighted by Crippen LogP contribution is -2.04. The summed E-state index contributed by atoms with van der Waals surface area (Å²) >= 11 is 6.22. The molecule has 0 aliphatic heterocycles. The van der Waals surface area contributed by atoms with Crippen LogP contribution in [0.5, 0.6) is 0 Å². The third-order valence-corrected chi connectivity index (χ3v) is 3.85. The first kappa shape index (κ1) is 12.4. The normalized spacial score (nSPS) is 21.0. The zero-order chi connectivity index (χ0) is 12.4. The highest BCUT2D eigenvalue weighted by molar-refractivity contribution is 6.31. The molecule has 1 unspecified atom stereocenters. The SMILES string of the molecule is C=C1C=C2c3cccc(Cl)c3CC2CC1.CC. The summed E-state index contributed by atoms with van der Waals surface area (Å²) < 4.78 is 0. The molecule has 0 fully saturated rings. The van der Waals surface area contributed by atoms with E-state index in [-0.39, 0.29) is 0 Å². The van der Waals surface area contributed by atoms with Gasteiger partial charge in [-0.15, -0.1) is 0 Å². The van der Waals surface area contributed by atoms with Gasteiger partial charge in [-0.25, -0.2) is 0 Å². The van der Waals surface area contributed by atoms with Crippen LogP contribution in [0, 0.1) is 5.92 Å². The largest absolute Gasteiger partial charge is 0.0958 e. The van der Waals surface area contributed by atoms with E-state index in [1.54, 1.807) is 0 Å². The van der Waals surface area contributed by atoms with Crippen molar-refractivity contribution in [2.75, 3.05) is 0 Å². The summed E-state index contributed by atoms with van der Waals surface area (Å²) in [6.45, 7) is 8.06. The zero-order valence-electron chi connectivity index (χ0n) is 10.6. The van der Waals surface area contributed by atoms with Gasteiger partial charge in [-0.05, 0) is 47.9 Å². The van der Waals surface area contributed by atoms with E-state index in [2.05, 4.69) is 18.7 Å². The highest BCUT2D eigenvalue weighted by Gasteiger charge is 2.30. The molecular weight excluding hydrogens is 228 g/mol. The first-order valence-corrected chi connectivity index (χ1v) is 6.80. The summed E-state index contributed by atoms with van der Waals surface area (Å²) in [4.78, 5) is 0. The lowest BCUT2D eigenvalue weighted by molar-refractivity contribution is 0.614. The Labute approximate surface area is 109 Å². The van der Waals surface area contributed by atoms with Crippen molar-refractivity contribution in [2.45, 2.75) is 33.1 Å². The molecule has 1 heteroatoms. The van der Waals surface area contributed by atoms with E-state index in [4.69, 9.17) is 11.6 Å². The monoisotopic (exact) mass is 246 g/mol. The van der Waals surface area contributed by atoms with Crippen molar-refractivity contribution < 1.29 is 0 Å². The lowest BCUT2D eigenvalue weighted by Gasteiger charge is -2.18. The summed E-state index contributed by atoms with van der Waals surface area (Å²) in [6, 6.07) is 6.22. The summed E-state index contributed by atoms with van der Waals surface area (Å²) in [5.74, 6) is 0.686. The van der Waals surface area contributed by atoms with Crippen molar-refractivity contribution in [3.63, 3.8) is 0 Å². The predicted molar refractivity (Wildman–Crippen MR) is 76.3 cm³/mol. The standard InChI is InChI=1S/C14H13Cl.C2H6/c1-9-5-6-10-8-13-11(12(10)7-9)3-2-4-14(13)15;1-2/h2-4,7,10H,1,5-6,8H2;1-2H3. The molecule has 1 atom stereocenters. The number of fused-ring (bicyclic) bond motifs is 3. The number of benzene rings is 1. The van der Waals surface area contributed by atoms with Crippen LogP contribution in [0.3, 0.4) is 0 Å². The fourth-order valence-electron chi connectivity index (χ4n) is 2.72. The van der Waals surface area contributed by atoms with Gasteiger partial charge in [0.1, 0.15) is 0 Å². The molecule has 0 heterocycles. The van der Waals surface area contributed by atoms with Crippen LogP contribution >= 0.6 is 11.6 Å². The van der Waals surface area contributed by atoms with Crippen LogP contribution in [-0.4, -0.2) is 0 Å². The van der Waals surface area contributed by atoms with Crippen molar-refractivity contribution in [1.82, 2.24) is 0 Å². The summed E-state index contributed by atoms with van der Waals surface area (Å²) in [6.07, 6.45) is 5.75. The summed E-state index contributed by atoms with van der Waals surface area (Å²) in [5, 5.41) is 0.924.